The van der Waals surface area contributed by atoms with Gasteiger partial charge in [0.2, 0.25) is 0 Å². The lowest BCUT2D eigenvalue weighted by molar-refractivity contribution is 0.190. The molecule has 0 saturated heterocycles. The summed E-state index contributed by atoms with van der Waals surface area (Å²) in [5.41, 5.74) is 2.80. The van der Waals surface area contributed by atoms with Crippen LogP contribution in [0.4, 0.5) is 0 Å². The van der Waals surface area contributed by atoms with E-state index in [4.69, 9.17) is 16.3 Å². The van der Waals surface area contributed by atoms with Crippen LogP contribution < -0.4 is 4.74 Å². The molecule has 0 unspecified atom stereocenters. The molecule has 1 N–H and O–H groups in total. The van der Waals surface area contributed by atoms with E-state index in [1.54, 1.807) is 6.92 Å². The average molecular weight is 356 g/mol. The maximum absolute atomic E-state index is 9.79. The van der Waals surface area contributed by atoms with E-state index in [0.717, 1.165) is 21.2 Å². The van der Waals surface area contributed by atoms with Gasteiger partial charge in [-0.2, -0.15) is 0 Å². The van der Waals surface area contributed by atoms with Gasteiger partial charge in [-0.05, 0) is 43.7 Å². The molecule has 0 heterocycles. The highest BCUT2D eigenvalue weighted by Gasteiger charge is 2.11. The third-order valence-electron chi connectivity index (χ3n) is 3.01. The van der Waals surface area contributed by atoms with Crippen LogP contribution in [0.1, 0.15) is 29.7 Å². The number of rotatable bonds is 4. The highest BCUT2D eigenvalue weighted by Crippen LogP contribution is 2.29. The minimum absolute atomic E-state index is 0.375. The fraction of sp³-hybridized carbons (Fsp3) is 0.250. The summed E-state index contributed by atoms with van der Waals surface area (Å²) in [5.74, 6) is 0.667. The molecule has 0 spiro atoms. The van der Waals surface area contributed by atoms with E-state index in [9.17, 15) is 5.11 Å². The Morgan fingerprint density at radius 3 is 2.65 bits per heavy atom. The zero-order chi connectivity index (χ0) is 14.7. The Kier molecular flexibility index (Phi) is 5.08. The topological polar surface area (TPSA) is 29.5 Å². The molecule has 0 amide bonds. The van der Waals surface area contributed by atoms with Crippen molar-refractivity contribution < 1.29 is 9.84 Å². The number of benzene rings is 2. The van der Waals surface area contributed by atoms with Gasteiger partial charge in [-0.25, -0.2) is 0 Å². The number of ether oxygens (including phenoxy) is 1. The predicted molar refractivity (Wildman–Crippen MR) is 85.3 cm³/mol. The molecule has 4 heteroatoms. The van der Waals surface area contributed by atoms with Crippen molar-refractivity contribution in [1.82, 2.24) is 0 Å². The van der Waals surface area contributed by atoms with Gasteiger partial charge in [0.15, 0.2) is 0 Å². The first-order chi connectivity index (χ1) is 9.47. The fourth-order valence-electron chi connectivity index (χ4n) is 1.90. The number of aliphatic hydroxyl groups excluding tert-OH is 1. The van der Waals surface area contributed by atoms with Crippen molar-refractivity contribution in [3.63, 3.8) is 0 Å². The van der Waals surface area contributed by atoms with Gasteiger partial charge >= 0.3 is 0 Å². The second-order valence-electron chi connectivity index (χ2n) is 4.74. The summed E-state index contributed by atoms with van der Waals surface area (Å²) in [4.78, 5) is 0. The zero-order valence-corrected chi connectivity index (χ0v) is 13.7. The molecule has 1 atom stereocenters. The summed E-state index contributed by atoms with van der Waals surface area (Å²) in [6.07, 6.45) is -0.587. The summed E-state index contributed by atoms with van der Waals surface area (Å²) >= 11 is 9.58. The molecule has 0 saturated carbocycles. The number of aryl methyl sites for hydroxylation is 1. The lowest BCUT2D eigenvalue weighted by Gasteiger charge is -2.14. The predicted octanol–water partition coefficient (Wildman–Crippen LogP) is 5.04. The summed E-state index contributed by atoms with van der Waals surface area (Å²) in [6, 6.07) is 11.5. The molecule has 0 fully saturated rings. The Labute approximate surface area is 132 Å². The van der Waals surface area contributed by atoms with E-state index >= 15 is 0 Å². The quantitative estimate of drug-likeness (QED) is 0.832. The van der Waals surface area contributed by atoms with Crippen molar-refractivity contribution in [2.24, 2.45) is 0 Å². The number of hydrogen-bond acceptors (Lipinski definition) is 2. The minimum Gasteiger partial charge on any atom is -0.488 e. The molecule has 106 valence electrons. The molecule has 2 rings (SSSR count). The maximum Gasteiger partial charge on any atom is 0.125 e. The van der Waals surface area contributed by atoms with Crippen LogP contribution in [0.15, 0.2) is 40.9 Å². The van der Waals surface area contributed by atoms with Gasteiger partial charge in [0, 0.05) is 20.6 Å². The molecule has 2 nitrogen and oxygen atoms in total. The molecule has 20 heavy (non-hydrogen) atoms. The highest BCUT2D eigenvalue weighted by molar-refractivity contribution is 9.10. The molecule has 0 bridgehead atoms. The van der Waals surface area contributed by atoms with E-state index in [1.165, 1.54) is 0 Å². The largest absolute Gasteiger partial charge is 0.488 e. The van der Waals surface area contributed by atoms with Gasteiger partial charge in [-0.15, -0.1) is 0 Å². The lowest BCUT2D eigenvalue weighted by atomic mass is 10.1. The monoisotopic (exact) mass is 354 g/mol. The first-order valence-electron chi connectivity index (χ1n) is 6.32. The Balaban J connectivity index is 2.18. The second kappa shape index (κ2) is 6.61. The van der Waals surface area contributed by atoms with Crippen LogP contribution in [-0.2, 0) is 6.61 Å². The molecule has 0 aliphatic rings. The number of hydrogen-bond donors (Lipinski definition) is 1. The van der Waals surface area contributed by atoms with Crippen LogP contribution in [0.2, 0.25) is 5.02 Å². The van der Waals surface area contributed by atoms with E-state index < -0.39 is 6.10 Å². The summed E-state index contributed by atoms with van der Waals surface area (Å²) in [5, 5.41) is 10.5. The van der Waals surface area contributed by atoms with Gasteiger partial charge in [0.05, 0.1) is 6.10 Å². The third-order valence-corrected chi connectivity index (χ3v) is 3.86. The highest BCUT2D eigenvalue weighted by atomic mass is 79.9. The lowest BCUT2D eigenvalue weighted by Crippen LogP contribution is -2.01. The Morgan fingerprint density at radius 2 is 2.00 bits per heavy atom. The van der Waals surface area contributed by atoms with Crippen molar-refractivity contribution in [3.05, 3.63) is 62.6 Å². The van der Waals surface area contributed by atoms with Gasteiger partial charge in [-0.1, -0.05) is 39.7 Å². The van der Waals surface area contributed by atoms with Gasteiger partial charge < -0.3 is 9.84 Å². The van der Waals surface area contributed by atoms with Gasteiger partial charge in [0.1, 0.15) is 12.4 Å². The smallest absolute Gasteiger partial charge is 0.125 e. The summed E-state index contributed by atoms with van der Waals surface area (Å²) in [6.45, 7) is 4.09. The second-order valence-corrected chi connectivity index (χ2v) is 6.06. The van der Waals surface area contributed by atoms with Crippen LogP contribution in [0.25, 0.3) is 0 Å². The normalized spacial score (nSPS) is 12.2. The van der Waals surface area contributed by atoms with Crippen LogP contribution in [0, 0.1) is 6.92 Å². The van der Waals surface area contributed by atoms with Gasteiger partial charge in [0.25, 0.3) is 0 Å². The molecule has 0 aliphatic heterocycles. The average Bonchev–Trinajstić information content (AvgIpc) is 2.38. The van der Waals surface area contributed by atoms with Crippen LogP contribution >= 0.6 is 27.5 Å². The molecule has 0 aromatic heterocycles. The van der Waals surface area contributed by atoms with Crippen molar-refractivity contribution in [2.75, 3.05) is 0 Å². The van der Waals surface area contributed by atoms with Crippen LogP contribution in [0.5, 0.6) is 5.75 Å². The van der Waals surface area contributed by atoms with E-state index in [-0.39, 0.29) is 0 Å². The third kappa shape index (κ3) is 3.75. The Bertz CT molecular complexity index is 611. The zero-order valence-electron chi connectivity index (χ0n) is 11.4. The van der Waals surface area contributed by atoms with Crippen molar-refractivity contribution in [1.29, 1.82) is 0 Å². The van der Waals surface area contributed by atoms with E-state index in [1.807, 2.05) is 43.3 Å². The molecular formula is C16H16BrClO2. The minimum atomic E-state index is -0.587. The van der Waals surface area contributed by atoms with E-state index in [0.29, 0.717) is 17.4 Å². The fourth-order valence-corrected chi connectivity index (χ4v) is 2.57. The first-order valence-corrected chi connectivity index (χ1v) is 7.50. The van der Waals surface area contributed by atoms with Crippen LogP contribution in [-0.4, -0.2) is 5.11 Å². The maximum atomic E-state index is 9.79. The van der Waals surface area contributed by atoms with Crippen molar-refractivity contribution >= 4 is 27.5 Å². The Hall–Kier alpha value is -1.03. The number of aliphatic hydroxyl groups is 1. The van der Waals surface area contributed by atoms with Crippen molar-refractivity contribution in [2.45, 2.75) is 26.6 Å². The van der Waals surface area contributed by atoms with E-state index in [2.05, 4.69) is 15.9 Å². The van der Waals surface area contributed by atoms with Crippen LogP contribution in [0.3, 0.4) is 0 Å². The Morgan fingerprint density at radius 1 is 1.25 bits per heavy atom. The molecular weight excluding hydrogens is 340 g/mol. The molecule has 2 aromatic carbocycles. The first kappa shape index (κ1) is 15.4. The SMILES string of the molecule is Cc1ccc(COc2ccc(Br)cc2[C@@H](C)O)c(Cl)c1. The summed E-state index contributed by atoms with van der Waals surface area (Å²) < 4.78 is 6.71. The standard InChI is InChI=1S/C16H16BrClO2/c1-10-3-4-12(15(18)7-10)9-20-16-6-5-13(17)8-14(16)11(2)19/h3-8,11,19H,9H2,1-2H3/t11-/m1/s1. The number of halogens is 2. The van der Waals surface area contributed by atoms with Crippen molar-refractivity contribution in [3.8, 4) is 5.75 Å². The molecule has 0 aliphatic carbocycles. The van der Waals surface area contributed by atoms with Gasteiger partial charge in [-0.3, -0.25) is 0 Å². The molecule has 0 radical (unpaired) electrons. The molecule has 2 aromatic rings. The summed E-state index contributed by atoms with van der Waals surface area (Å²) in [7, 11) is 0.